The Morgan fingerprint density at radius 1 is 1.13 bits per heavy atom. The van der Waals surface area contributed by atoms with Gasteiger partial charge < -0.3 is 9.47 Å². The third kappa shape index (κ3) is 2.52. The van der Waals surface area contributed by atoms with Crippen LogP contribution in [0.25, 0.3) is 0 Å². The molecule has 0 fully saturated rings. The van der Waals surface area contributed by atoms with Crippen molar-refractivity contribution in [1.82, 2.24) is 4.57 Å². The molecule has 0 saturated heterocycles. The minimum Gasteiger partial charge on any atom is -0.341 e. The van der Waals surface area contributed by atoms with Gasteiger partial charge in [-0.05, 0) is 36.8 Å². The quantitative estimate of drug-likeness (QED) is 0.796. The van der Waals surface area contributed by atoms with Crippen LogP contribution in [0.1, 0.15) is 32.0 Å². The maximum absolute atomic E-state index is 12.6. The lowest BCUT2D eigenvalue weighted by atomic mass is 10.1. The second kappa shape index (κ2) is 5.26. The van der Waals surface area contributed by atoms with Gasteiger partial charge in [-0.15, -0.1) is 0 Å². The molecular formula is C16H13F3N2O2. The van der Waals surface area contributed by atoms with Crippen LogP contribution in [-0.2, 0) is 12.7 Å². The molecule has 0 saturated carbocycles. The largest absolute Gasteiger partial charge is 0.416 e. The van der Waals surface area contributed by atoms with Gasteiger partial charge in [0, 0.05) is 30.5 Å². The highest BCUT2D eigenvalue weighted by atomic mass is 19.4. The molecule has 1 aliphatic rings. The lowest BCUT2D eigenvalue weighted by Crippen LogP contribution is -2.40. The van der Waals surface area contributed by atoms with Gasteiger partial charge in [-0.3, -0.25) is 9.59 Å². The summed E-state index contributed by atoms with van der Waals surface area (Å²) in [6.07, 6.45) is -2.04. The van der Waals surface area contributed by atoms with Gasteiger partial charge in [-0.2, -0.15) is 13.2 Å². The summed E-state index contributed by atoms with van der Waals surface area (Å²) >= 11 is 0. The Labute approximate surface area is 130 Å². The van der Waals surface area contributed by atoms with E-state index in [4.69, 9.17) is 0 Å². The van der Waals surface area contributed by atoms with Crippen LogP contribution < -0.4 is 4.90 Å². The average Bonchev–Trinajstić information content (AvgIpc) is 2.83. The second-order valence-electron chi connectivity index (χ2n) is 5.39. The SMILES string of the molecule is Cc1cn2c(c1C=O)C(=O)N(c1ccc(C(F)(F)F)cc1)CC2. The Morgan fingerprint density at radius 3 is 2.35 bits per heavy atom. The van der Waals surface area contributed by atoms with Crippen molar-refractivity contribution in [2.45, 2.75) is 19.6 Å². The molecule has 0 bridgehead atoms. The zero-order valence-corrected chi connectivity index (χ0v) is 12.2. The molecule has 0 atom stereocenters. The van der Waals surface area contributed by atoms with Crippen molar-refractivity contribution < 1.29 is 22.8 Å². The Kier molecular flexibility index (Phi) is 3.50. The van der Waals surface area contributed by atoms with Crippen LogP contribution in [0, 0.1) is 6.92 Å². The molecule has 1 aliphatic heterocycles. The first-order chi connectivity index (χ1) is 10.8. The van der Waals surface area contributed by atoms with E-state index < -0.39 is 11.7 Å². The van der Waals surface area contributed by atoms with Crippen molar-refractivity contribution in [2.24, 2.45) is 0 Å². The monoisotopic (exact) mass is 322 g/mol. The van der Waals surface area contributed by atoms with E-state index in [1.807, 2.05) is 0 Å². The lowest BCUT2D eigenvalue weighted by Gasteiger charge is -2.29. The number of benzene rings is 1. The molecule has 4 nitrogen and oxygen atoms in total. The summed E-state index contributed by atoms with van der Waals surface area (Å²) in [6, 6.07) is 4.43. The molecule has 1 aromatic heterocycles. The van der Waals surface area contributed by atoms with Crippen LogP contribution in [0.2, 0.25) is 0 Å². The van der Waals surface area contributed by atoms with Crippen LogP contribution in [0.5, 0.6) is 0 Å². The highest BCUT2D eigenvalue weighted by Gasteiger charge is 2.32. The fourth-order valence-corrected chi connectivity index (χ4v) is 2.79. The topological polar surface area (TPSA) is 42.3 Å². The van der Waals surface area contributed by atoms with Gasteiger partial charge in [0.15, 0.2) is 6.29 Å². The number of hydrogen-bond donors (Lipinski definition) is 0. The standard InChI is InChI=1S/C16H13F3N2O2/c1-10-8-20-6-7-21(15(23)14(20)13(10)9-22)12-4-2-11(3-5-12)16(17,18)19/h2-5,8-9H,6-7H2,1H3. The summed E-state index contributed by atoms with van der Waals surface area (Å²) in [7, 11) is 0. The second-order valence-corrected chi connectivity index (χ2v) is 5.39. The third-order valence-corrected chi connectivity index (χ3v) is 3.95. The summed E-state index contributed by atoms with van der Waals surface area (Å²) in [4.78, 5) is 25.2. The Hall–Kier alpha value is -2.57. The van der Waals surface area contributed by atoms with Crippen molar-refractivity contribution >= 4 is 17.9 Å². The molecule has 0 spiro atoms. The van der Waals surface area contributed by atoms with Gasteiger partial charge in [0.25, 0.3) is 5.91 Å². The van der Waals surface area contributed by atoms with E-state index >= 15 is 0 Å². The van der Waals surface area contributed by atoms with Crippen LogP contribution in [-0.4, -0.2) is 23.3 Å². The van der Waals surface area contributed by atoms with Gasteiger partial charge >= 0.3 is 6.18 Å². The molecular weight excluding hydrogens is 309 g/mol. The third-order valence-electron chi connectivity index (χ3n) is 3.95. The molecule has 0 radical (unpaired) electrons. The summed E-state index contributed by atoms with van der Waals surface area (Å²) in [5.41, 5.74) is 0.927. The van der Waals surface area contributed by atoms with Gasteiger partial charge in [0.2, 0.25) is 0 Å². The molecule has 0 N–H and O–H groups in total. The van der Waals surface area contributed by atoms with E-state index in [1.54, 1.807) is 17.7 Å². The number of carbonyl (C=O) groups excluding carboxylic acids is 2. The number of anilines is 1. The van der Waals surface area contributed by atoms with E-state index in [0.29, 0.717) is 36.2 Å². The zero-order chi connectivity index (χ0) is 16.8. The van der Waals surface area contributed by atoms with Crippen molar-refractivity contribution in [3.05, 3.63) is 52.8 Å². The molecule has 1 amide bonds. The number of alkyl halides is 3. The number of fused-ring (bicyclic) bond motifs is 1. The normalized spacial score (nSPS) is 14.8. The van der Waals surface area contributed by atoms with Crippen LogP contribution in [0.4, 0.5) is 18.9 Å². The van der Waals surface area contributed by atoms with Gasteiger partial charge in [0.05, 0.1) is 5.56 Å². The first kappa shape index (κ1) is 15.3. The predicted octanol–water partition coefficient (Wildman–Crippen LogP) is 3.29. The van der Waals surface area contributed by atoms with Crippen LogP contribution in [0.3, 0.4) is 0 Å². The Morgan fingerprint density at radius 2 is 1.78 bits per heavy atom. The molecule has 23 heavy (non-hydrogen) atoms. The van der Waals surface area contributed by atoms with Gasteiger partial charge in [-0.25, -0.2) is 0 Å². The van der Waals surface area contributed by atoms with Crippen molar-refractivity contribution in [3.63, 3.8) is 0 Å². The molecule has 7 heteroatoms. The summed E-state index contributed by atoms with van der Waals surface area (Å²) in [5, 5.41) is 0. The zero-order valence-electron chi connectivity index (χ0n) is 12.2. The molecule has 120 valence electrons. The smallest absolute Gasteiger partial charge is 0.341 e. The van der Waals surface area contributed by atoms with E-state index in [1.165, 1.54) is 17.0 Å². The number of amides is 1. The number of carbonyl (C=O) groups is 2. The van der Waals surface area contributed by atoms with Crippen molar-refractivity contribution in [1.29, 1.82) is 0 Å². The maximum atomic E-state index is 12.6. The number of halogens is 3. The summed E-state index contributed by atoms with van der Waals surface area (Å²) in [6.45, 7) is 2.56. The van der Waals surface area contributed by atoms with Crippen molar-refractivity contribution in [2.75, 3.05) is 11.4 Å². The van der Waals surface area contributed by atoms with Gasteiger partial charge in [0.1, 0.15) is 5.69 Å². The number of rotatable bonds is 2. The number of aldehydes is 1. The number of aryl methyl sites for hydroxylation is 1. The maximum Gasteiger partial charge on any atom is 0.416 e. The highest BCUT2D eigenvalue weighted by molar-refractivity contribution is 6.10. The average molecular weight is 322 g/mol. The lowest BCUT2D eigenvalue weighted by molar-refractivity contribution is -0.137. The Balaban J connectivity index is 1.96. The minimum absolute atomic E-state index is 0.281. The predicted molar refractivity (Wildman–Crippen MR) is 77.7 cm³/mol. The molecule has 2 aromatic rings. The number of hydrogen-bond acceptors (Lipinski definition) is 2. The van der Waals surface area contributed by atoms with E-state index in [2.05, 4.69) is 0 Å². The highest BCUT2D eigenvalue weighted by Crippen LogP contribution is 2.31. The molecule has 2 heterocycles. The molecule has 0 aliphatic carbocycles. The first-order valence-electron chi connectivity index (χ1n) is 6.97. The first-order valence-corrected chi connectivity index (χ1v) is 6.97. The fourth-order valence-electron chi connectivity index (χ4n) is 2.79. The molecule has 3 rings (SSSR count). The van der Waals surface area contributed by atoms with Crippen molar-refractivity contribution in [3.8, 4) is 0 Å². The minimum atomic E-state index is -4.42. The fraction of sp³-hybridized carbons (Fsp3) is 0.250. The van der Waals surface area contributed by atoms with E-state index in [0.717, 1.165) is 12.1 Å². The van der Waals surface area contributed by atoms with Crippen LogP contribution in [0.15, 0.2) is 30.5 Å². The van der Waals surface area contributed by atoms with E-state index in [9.17, 15) is 22.8 Å². The van der Waals surface area contributed by atoms with Crippen LogP contribution >= 0.6 is 0 Å². The summed E-state index contributed by atoms with van der Waals surface area (Å²) in [5.74, 6) is -0.383. The Bertz CT molecular complexity index is 776. The number of aromatic nitrogens is 1. The molecule has 1 aromatic carbocycles. The van der Waals surface area contributed by atoms with E-state index in [-0.39, 0.29) is 11.6 Å². The molecule has 0 unspecified atom stereocenters. The summed E-state index contributed by atoms with van der Waals surface area (Å²) < 4.78 is 39.6. The number of nitrogens with zero attached hydrogens (tertiary/aromatic N) is 2. The van der Waals surface area contributed by atoms with Gasteiger partial charge in [-0.1, -0.05) is 0 Å².